The van der Waals surface area contributed by atoms with E-state index in [4.69, 9.17) is 23.2 Å². The fourth-order valence-electron chi connectivity index (χ4n) is 2.68. The molecule has 6 heteroatoms. The molecule has 0 unspecified atom stereocenters. The zero-order chi connectivity index (χ0) is 20.9. The Balaban J connectivity index is 2.22. The molecular formula is C22H26Cl2N2O2. The first-order valence-corrected chi connectivity index (χ1v) is 10.1. The molecule has 4 nitrogen and oxygen atoms in total. The van der Waals surface area contributed by atoms with E-state index in [1.807, 2.05) is 32.9 Å². The van der Waals surface area contributed by atoms with E-state index in [2.05, 4.69) is 12.3 Å². The summed E-state index contributed by atoms with van der Waals surface area (Å²) >= 11 is 12.1. The van der Waals surface area contributed by atoms with Gasteiger partial charge in [-0.15, -0.1) is 0 Å². The summed E-state index contributed by atoms with van der Waals surface area (Å²) in [5.74, 6) is -0.752. The fraction of sp³-hybridized carbons (Fsp3) is 0.364. The monoisotopic (exact) mass is 420 g/mol. The van der Waals surface area contributed by atoms with Crippen LogP contribution in [0.5, 0.6) is 0 Å². The number of amides is 2. The highest BCUT2D eigenvalue weighted by Crippen LogP contribution is 2.24. The smallest absolute Gasteiger partial charge is 0.267 e. The molecule has 0 spiro atoms. The van der Waals surface area contributed by atoms with Gasteiger partial charge >= 0.3 is 0 Å². The van der Waals surface area contributed by atoms with Gasteiger partial charge in [-0.25, -0.2) is 5.01 Å². The van der Waals surface area contributed by atoms with Gasteiger partial charge in [0.05, 0.1) is 16.1 Å². The van der Waals surface area contributed by atoms with Crippen molar-refractivity contribution < 1.29 is 9.59 Å². The van der Waals surface area contributed by atoms with Crippen molar-refractivity contribution >= 4 is 35.0 Å². The maximum Gasteiger partial charge on any atom is 0.274 e. The number of benzene rings is 2. The third-order valence-corrected chi connectivity index (χ3v) is 4.83. The Hall–Kier alpha value is -2.04. The summed E-state index contributed by atoms with van der Waals surface area (Å²) in [5.41, 5.74) is 4.03. The number of carbonyl (C=O) groups excluding carboxylic acids is 2. The van der Waals surface area contributed by atoms with Gasteiger partial charge in [-0.05, 0) is 69.5 Å². The van der Waals surface area contributed by atoms with Crippen LogP contribution in [0.1, 0.15) is 66.8 Å². The van der Waals surface area contributed by atoms with Crippen LogP contribution in [-0.2, 0) is 6.42 Å². The predicted molar refractivity (Wildman–Crippen MR) is 115 cm³/mol. The van der Waals surface area contributed by atoms with Crippen LogP contribution in [0, 0.1) is 0 Å². The lowest BCUT2D eigenvalue weighted by molar-refractivity contribution is 0.0359. The maximum atomic E-state index is 13.0. The summed E-state index contributed by atoms with van der Waals surface area (Å²) in [6, 6.07) is 12.1. The third-order valence-electron chi connectivity index (χ3n) is 4.28. The molecule has 0 saturated carbocycles. The highest BCUT2D eigenvalue weighted by atomic mass is 35.5. The summed E-state index contributed by atoms with van der Waals surface area (Å²) in [6.07, 6.45) is 3.22. The highest BCUT2D eigenvalue weighted by molar-refractivity contribution is 6.36. The lowest BCUT2D eigenvalue weighted by atomic mass is 10.1. The van der Waals surface area contributed by atoms with E-state index in [9.17, 15) is 9.59 Å². The van der Waals surface area contributed by atoms with Gasteiger partial charge in [0.2, 0.25) is 0 Å². The standard InChI is InChI=1S/C22H26Cl2N2O2/c1-5-6-7-15-8-10-16(11-9-15)20(27)25-26(22(2,3)4)21(28)18-13-12-17(23)14-19(18)24/h8-14H,5-7H2,1-4H3,(H,25,27). The van der Waals surface area contributed by atoms with Crippen molar-refractivity contribution in [3.63, 3.8) is 0 Å². The Bertz CT molecular complexity index is 843. The predicted octanol–water partition coefficient (Wildman–Crippen LogP) is 5.92. The molecule has 2 aromatic rings. The Morgan fingerprint density at radius 1 is 1.04 bits per heavy atom. The van der Waals surface area contributed by atoms with Crippen LogP contribution in [0.2, 0.25) is 10.0 Å². The molecule has 0 radical (unpaired) electrons. The molecule has 0 aliphatic rings. The van der Waals surface area contributed by atoms with Crippen molar-refractivity contribution in [3.05, 3.63) is 69.2 Å². The summed E-state index contributed by atoms with van der Waals surface area (Å²) in [7, 11) is 0. The topological polar surface area (TPSA) is 49.4 Å². The van der Waals surface area contributed by atoms with E-state index >= 15 is 0 Å². The van der Waals surface area contributed by atoms with Crippen molar-refractivity contribution in [1.82, 2.24) is 10.4 Å². The first-order chi connectivity index (χ1) is 13.1. The van der Waals surface area contributed by atoms with Crippen molar-refractivity contribution in [3.8, 4) is 0 Å². The Morgan fingerprint density at radius 2 is 1.68 bits per heavy atom. The number of nitrogens with one attached hydrogen (secondary N) is 1. The SMILES string of the molecule is CCCCc1ccc(C(=O)NN(C(=O)c2ccc(Cl)cc2Cl)C(C)(C)C)cc1. The minimum Gasteiger partial charge on any atom is -0.267 e. The molecule has 0 aromatic heterocycles. The summed E-state index contributed by atoms with van der Waals surface area (Å²) in [6.45, 7) is 7.65. The second-order valence-electron chi connectivity index (χ2n) is 7.68. The number of carbonyl (C=O) groups is 2. The van der Waals surface area contributed by atoms with E-state index in [1.54, 1.807) is 24.3 Å². The second-order valence-corrected chi connectivity index (χ2v) is 8.52. The van der Waals surface area contributed by atoms with Gasteiger partial charge in [-0.2, -0.15) is 0 Å². The minimum atomic E-state index is -0.656. The molecule has 0 aliphatic heterocycles. The number of aryl methyl sites for hydroxylation is 1. The maximum absolute atomic E-state index is 13.0. The minimum absolute atomic E-state index is 0.237. The summed E-state index contributed by atoms with van der Waals surface area (Å²) in [5, 5.41) is 1.98. The fourth-order valence-corrected chi connectivity index (χ4v) is 3.17. The molecule has 0 saturated heterocycles. The van der Waals surface area contributed by atoms with Crippen LogP contribution in [0.4, 0.5) is 0 Å². The Labute approximate surface area is 176 Å². The zero-order valence-electron chi connectivity index (χ0n) is 16.7. The van der Waals surface area contributed by atoms with Crippen LogP contribution in [0.25, 0.3) is 0 Å². The normalized spacial score (nSPS) is 11.2. The first kappa shape index (κ1) is 22.3. The Kier molecular flexibility index (Phi) is 7.50. The molecule has 2 rings (SSSR count). The van der Waals surface area contributed by atoms with Crippen LogP contribution < -0.4 is 5.43 Å². The van der Waals surface area contributed by atoms with E-state index < -0.39 is 11.4 Å². The van der Waals surface area contributed by atoms with Crippen LogP contribution in [0.15, 0.2) is 42.5 Å². The molecule has 2 amide bonds. The van der Waals surface area contributed by atoms with Crippen LogP contribution in [-0.4, -0.2) is 22.4 Å². The molecule has 0 heterocycles. The number of nitrogens with zero attached hydrogens (tertiary/aromatic N) is 1. The average Bonchev–Trinajstić information content (AvgIpc) is 2.63. The molecule has 0 bridgehead atoms. The van der Waals surface area contributed by atoms with Crippen molar-refractivity contribution in [2.75, 3.05) is 0 Å². The van der Waals surface area contributed by atoms with Crippen molar-refractivity contribution in [2.45, 2.75) is 52.5 Å². The Morgan fingerprint density at radius 3 is 2.21 bits per heavy atom. The van der Waals surface area contributed by atoms with E-state index in [0.717, 1.165) is 19.3 Å². The summed E-state index contributed by atoms with van der Waals surface area (Å²) in [4.78, 5) is 25.8. The van der Waals surface area contributed by atoms with Crippen LogP contribution >= 0.6 is 23.2 Å². The lowest BCUT2D eigenvalue weighted by Gasteiger charge is -2.35. The molecule has 0 fully saturated rings. The average molecular weight is 421 g/mol. The molecular weight excluding hydrogens is 395 g/mol. The second kappa shape index (κ2) is 9.44. The van der Waals surface area contributed by atoms with Gasteiger partial charge in [0, 0.05) is 10.6 Å². The largest absolute Gasteiger partial charge is 0.274 e. The third kappa shape index (κ3) is 5.73. The van der Waals surface area contributed by atoms with Crippen molar-refractivity contribution in [1.29, 1.82) is 0 Å². The van der Waals surface area contributed by atoms with Gasteiger partial charge in [-0.3, -0.25) is 15.0 Å². The van der Waals surface area contributed by atoms with Gasteiger partial charge < -0.3 is 0 Å². The molecule has 0 aliphatic carbocycles. The van der Waals surface area contributed by atoms with Gasteiger partial charge in [0.1, 0.15) is 0 Å². The highest BCUT2D eigenvalue weighted by Gasteiger charge is 2.30. The number of rotatable bonds is 5. The van der Waals surface area contributed by atoms with Crippen LogP contribution in [0.3, 0.4) is 0 Å². The number of hydrogen-bond donors (Lipinski definition) is 1. The molecule has 1 N–H and O–H groups in total. The number of hydrogen-bond acceptors (Lipinski definition) is 2. The van der Waals surface area contributed by atoms with E-state index in [-0.39, 0.29) is 16.5 Å². The lowest BCUT2D eigenvalue weighted by Crippen LogP contribution is -2.55. The van der Waals surface area contributed by atoms with E-state index in [1.165, 1.54) is 16.6 Å². The van der Waals surface area contributed by atoms with E-state index in [0.29, 0.717) is 10.6 Å². The van der Waals surface area contributed by atoms with Gasteiger partial charge in [0.15, 0.2) is 0 Å². The number of hydrazine groups is 1. The molecule has 28 heavy (non-hydrogen) atoms. The molecule has 2 aromatic carbocycles. The van der Waals surface area contributed by atoms with Gasteiger partial charge in [0.25, 0.3) is 11.8 Å². The quantitative estimate of drug-likeness (QED) is 0.609. The molecule has 0 atom stereocenters. The molecule has 150 valence electrons. The number of unbranched alkanes of at least 4 members (excludes halogenated alkanes) is 1. The van der Waals surface area contributed by atoms with Gasteiger partial charge in [-0.1, -0.05) is 48.7 Å². The first-order valence-electron chi connectivity index (χ1n) is 9.33. The number of halogens is 2. The summed E-state index contributed by atoms with van der Waals surface area (Å²) < 4.78 is 0. The van der Waals surface area contributed by atoms with Crippen molar-refractivity contribution in [2.24, 2.45) is 0 Å². The zero-order valence-corrected chi connectivity index (χ0v) is 18.2.